The highest BCUT2D eigenvalue weighted by Crippen LogP contribution is 2.66. The van der Waals surface area contributed by atoms with Crippen LogP contribution in [0.4, 0.5) is 0 Å². The Hall–Kier alpha value is -2.71. The third kappa shape index (κ3) is 3.52. The van der Waals surface area contributed by atoms with Gasteiger partial charge in [-0.05, 0) is 45.6 Å². The molecule has 3 heterocycles. The van der Waals surface area contributed by atoms with Crippen molar-refractivity contribution in [1.29, 1.82) is 0 Å². The molecule has 0 aromatic heterocycles. The fourth-order valence-corrected chi connectivity index (χ4v) is 6.67. The standard InChI is InChI=1S/C27H36N2O6/c1-7-13-28(25(3,4)5)23(32)21-27-14-16(2)26(6,35-27)20(24(33)34)19(27)22(31)29(21)18(15-30)17-11-9-8-10-12-17/h7-12,16,18-21,30H,1,13-15H2,2-6H3,(H,33,34)/t16?,18-,19+,20-,21?,26+,27?/m1/s1. The van der Waals surface area contributed by atoms with E-state index in [2.05, 4.69) is 6.58 Å². The first-order chi connectivity index (χ1) is 16.3. The molecule has 2 amide bonds. The molecule has 2 N–H and O–H groups in total. The zero-order chi connectivity index (χ0) is 25.9. The van der Waals surface area contributed by atoms with Crippen LogP contribution in [0.25, 0.3) is 0 Å². The largest absolute Gasteiger partial charge is 0.481 e. The molecule has 1 aromatic carbocycles. The van der Waals surface area contributed by atoms with Gasteiger partial charge in [0.1, 0.15) is 17.6 Å². The number of hydrogen-bond donors (Lipinski definition) is 2. The second-order valence-electron chi connectivity index (χ2n) is 11.3. The summed E-state index contributed by atoms with van der Waals surface area (Å²) in [6.45, 7) is 13.0. The number of fused-ring (bicyclic) bond motifs is 1. The smallest absolute Gasteiger partial charge is 0.310 e. The number of likely N-dealkylation sites (tertiary alicyclic amines) is 1. The van der Waals surface area contributed by atoms with Gasteiger partial charge in [0, 0.05) is 12.1 Å². The number of benzene rings is 1. The maximum atomic E-state index is 14.4. The van der Waals surface area contributed by atoms with E-state index in [1.54, 1.807) is 42.2 Å². The molecule has 35 heavy (non-hydrogen) atoms. The maximum absolute atomic E-state index is 14.4. The molecule has 0 saturated carbocycles. The lowest BCUT2D eigenvalue weighted by molar-refractivity contribution is -0.161. The van der Waals surface area contributed by atoms with E-state index in [1.165, 1.54) is 4.90 Å². The Labute approximate surface area is 206 Å². The topological polar surface area (TPSA) is 107 Å². The predicted molar refractivity (Wildman–Crippen MR) is 129 cm³/mol. The van der Waals surface area contributed by atoms with Crippen LogP contribution in [-0.2, 0) is 19.1 Å². The minimum absolute atomic E-state index is 0.172. The number of rotatable bonds is 7. The quantitative estimate of drug-likeness (QED) is 0.576. The average molecular weight is 485 g/mol. The Kier molecular flexibility index (Phi) is 6.13. The fourth-order valence-electron chi connectivity index (χ4n) is 6.67. The lowest BCUT2D eigenvalue weighted by Gasteiger charge is -2.43. The van der Waals surface area contributed by atoms with Crippen LogP contribution in [0.3, 0.4) is 0 Å². The molecule has 3 saturated heterocycles. The van der Waals surface area contributed by atoms with E-state index in [4.69, 9.17) is 4.74 Å². The molecule has 0 aliphatic carbocycles. The van der Waals surface area contributed by atoms with Gasteiger partial charge in [0.05, 0.1) is 24.2 Å². The average Bonchev–Trinajstić information content (AvgIpc) is 3.29. The van der Waals surface area contributed by atoms with Crippen molar-refractivity contribution in [1.82, 2.24) is 9.80 Å². The van der Waals surface area contributed by atoms with E-state index in [0.29, 0.717) is 12.0 Å². The van der Waals surface area contributed by atoms with Crippen LogP contribution in [0.5, 0.6) is 0 Å². The summed E-state index contributed by atoms with van der Waals surface area (Å²) >= 11 is 0. The molecule has 4 rings (SSSR count). The summed E-state index contributed by atoms with van der Waals surface area (Å²) in [6, 6.07) is 7.14. The van der Waals surface area contributed by atoms with Gasteiger partial charge < -0.3 is 24.7 Å². The molecule has 8 heteroatoms. The van der Waals surface area contributed by atoms with Crippen molar-refractivity contribution in [3.63, 3.8) is 0 Å². The second-order valence-corrected chi connectivity index (χ2v) is 11.3. The van der Waals surface area contributed by atoms with Crippen LogP contribution >= 0.6 is 0 Å². The fraction of sp³-hybridized carbons (Fsp3) is 0.593. The van der Waals surface area contributed by atoms with Crippen molar-refractivity contribution in [3.8, 4) is 0 Å². The maximum Gasteiger partial charge on any atom is 0.310 e. The Morgan fingerprint density at radius 3 is 2.46 bits per heavy atom. The molecule has 3 aliphatic rings. The van der Waals surface area contributed by atoms with E-state index >= 15 is 0 Å². The lowest BCUT2D eigenvalue weighted by atomic mass is 9.62. The van der Waals surface area contributed by atoms with E-state index in [0.717, 1.165) is 0 Å². The predicted octanol–water partition coefficient (Wildman–Crippen LogP) is 2.63. The highest BCUT2D eigenvalue weighted by Gasteiger charge is 2.80. The van der Waals surface area contributed by atoms with Gasteiger partial charge in [-0.25, -0.2) is 0 Å². The summed E-state index contributed by atoms with van der Waals surface area (Å²) in [7, 11) is 0. The number of aliphatic hydroxyl groups excluding tert-OH is 1. The number of carbonyl (C=O) groups excluding carboxylic acids is 2. The van der Waals surface area contributed by atoms with Gasteiger partial charge in [-0.2, -0.15) is 0 Å². The molecule has 190 valence electrons. The van der Waals surface area contributed by atoms with E-state index in [1.807, 2.05) is 33.8 Å². The van der Waals surface area contributed by atoms with Gasteiger partial charge in [-0.15, -0.1) is 6.58 Å². The van der Waals surface area contributed by atoms with Crippen molar-refractivity contribution in [2.45, 2.75) is 69.9 Å². The van der Waals surface area contributed by atoms with Gasteiger partial charge in [-0.3, -0.25) is 14.4 Å². The number of carboxylic acids is 1. The molecule has 1 spiro atoms. The third-order valence-electron chi connectivity index (χ3n) is 8.33. The molecule has 3 aliphatic heterocycles. The molecule has 3 fully saturated rings. The van der Waals surface area contributed by atoms with Gasteiger partial charge in [0.15, 0.2) is 0 Å². The Morgan fingerprint density at radius 1 is 1.31 bits per heavy atom. The van der Waals surface area contributed by atoms with Crippen LogP contribution < -0.4 is 0 Å². The van der Waals surface area contributed by atoms with Crippen molar-refractivity contribution in [2.75, 3.05) is 13.2 Å². The SMILES string of the molecule is C=CCN(C(=O)C1N([C@H](CO)c2ccccc2)C(=O)[C@@H]2[C@H](C(=O)O)[C@@]3(C)OC12CC3C)C(C)(C)C. The van der Waals surface area contributed by atoms with Crippen LogP contribution in [0.15, 0.2) is 43.0 Å². The van der Waals surface area contributed by atoms with E-state index in [-0.39, 0.29) is 18.4 Å². The summed E-state index contributed by atoms with van der Waals surface area (Å²) in [5.74, 6) is -4.16. The molecule has 0 radical (unpaired) electrons. The Morgan fingerprint density at radius 2 is 1.94 bits per heavy atom. The summed E-state index contributed by atoms with van der Waals surface area (Å²) in [4.78, 5) is 44.1. The van der Waals surface area contributed by atoms with Gasteiger partial charge in [-0.1, -0.05) is 43.3 Å². The zero-order valence-electron chi connectivity index (χ0n) is 21.1. The second kappa shape index (κ2) is 8.45. The first-order valence-electron chi connectivity index (χ1n) is 12.2. The normalized spacial score (nSPS) is 34.6. The molecule has 8 nitrogen and oxygen atoms in total. The van der Waals surface area contributed by atoms with Crippen LogP contribution in [0.2, 0.25) is 0 Å². The molecule has 3 unspecified atom stereocenters. The highest BCUT2D eigenvalue weighted by atomic mass is 16.5. The van der Waals surface area contributed by atoms with Crippen LogP contribution in [0, 0.1) is 17.8 Å². The van der Waals surface area contributed by atoms with Crippen molar-refractivity contribution >= 4 is 17.8 Å². The minimum Gasteiger partial charge on any atom is -0.481 e. The number of hydrogen-bond acceptors (Lipinski definition) is 5. The van der Waals surface area contributed by atoms with Crippen molar-refractivity contribution in [3.05, 3.63) is 48.6 Å². The number of nitrogens with zero attached hydrogens (tertiary/aromatic N) is 2. The number of aliphatic carboxylic acids is 1. The Bertz CT molecular complexity index is 1040. The number of ether oxygens (including phenoxy) is 1. The summed E-state index contributed by atoms with van der Waals surface area (Å²) in [6.07, 6.45) is 2.02. The molecule has 7 atom stereocenters. The molecular weight excluding hydrogens is 448 g/mol. The molecule has 2 bridgehead atoms. The summed E-state index contributed by atoms with van der Waals surface area (Å²) in [5, 5.41) is 20.7. The van der Waals surface area contributed by atoms with Gasteiger partial charge in [0.2, 0.25) is 11.8 Å². The number of aliphatic hydroxyl groups is 1. The third-order valence-corrected chi connectivity index (χ3v) is 8.33. The summed E-state index contributed by atoms with van der Waals surface area (Å²) < 4.78 is 6.57. The lowest BCUT2D eigenvalue weighted by Crippen LogP contribution is -2.60. The first-order valence-corrected chi connectivity index (χ1v) is 12.2. The van der Waals surface area contributed by atoms with Crippen LogP contribution in [-0.4, -0.2) is 73.7 Å². The van der Waals surface area contributed by atoms with Crippen LogP contribution in [0.1, 0.15) is 52.6 Å². The number of carboxylic acid groups (broad SMARTS) is 1. The van der Waals surface area contributed by atoms with Gasteiger partial charge >= 0.3 is 5.97 Å². The van der Waals surface area contributed by atoms with Gasteiger partial charge in [0.25, 0.3) is 0 Å². The Balaban J connectivity index is 1.93. The highest BCUT2D eigenvalue weighted by molar-refractivity contribution is 5.99. The monoisotopic (exact) mass is 484 g/mol. The van der Waals surface area contributed by atoms with E-state index < -0.39 is 59.1 Å². The summed E-state index contributed by atoms with van der Waals surface area (Å²) in [5.41, 5.74) is -2.28. The zero-order valence-corrected chi connectivity index (χ0v) is 21.1. The van der Waals surface area contributed by atoms with E-state index in [9.17, 15) is 24.6 Å². The first kappa shape index (κ1) is 25.4. The van der Waals surface area contributed by atoms with Crippen molar-refractivity contribution in [2.24, 2.45) is 17.8 Å². The minimum atomic E-state index is -1.29. The molecule has 1 aromatic rings. The van der Waals surface area contributed by atoms with Crippen molar-refractivity contribution < 1.29 is 29.3 Å². The number of carbonyl (C=O) groups is 3. The number of amides is 2. The molecular formula is C27H36N2O6.